The number of hydrogen-bond acceptors (Lipinski definition) is 3. The molecule has 0 aliphatic heterocycles. The molecule has 22 heavy (non-hydrogen) atoms. The summed E-state index contributed by atoms with van der Waals surface area (Å²) in [4.78, 5) is 23.1. The number of hydrogen-bond donors (Lipinski definition) is 2. The summed E-state index contributed by atoms with van der Waals surface area (Å²) in [6.45, 7) is 0. The van der Waals surface area contributed by atoms with Crippen LogP contribution in [0.2, 0.25) is 5.02 Å². The summed E-state index contributed by atoms with van der Waals surface area (Å²) in [5.41, 5.74) is 5.56. The van der Waals surface area contributed by atoms with Gasteiger partial charge in [0.2, 0.25) is 6.10 Å². The lowest BCUT2D eigenvalue weighted by Crippen LogP contribution is -2.40. The second-order valence-electron chi connectivity index (χ2n) is 4.34. The summed E-state index contributed by atoms with van der Waals surface area (Å²) >= 11 is 9.38. The molecule has 3 amide bonds. The molecule has 2 rings (SSSR count). The van der Waals surface area contributed by atoms with Crippen molar-refractivity contribution in [3.05, 3.63) is 63.6 Å². The molecule has 0 aliphatic rings. The van der Waals surface area contributed by atoms with Gasteiger partial charge in [-0.15, -0.1) is 0 Å². The number of rotatable bonds is 4. The van der Waals surface area contributed by atoms with E-state index in [1.807, 2.05) is 5.32 Å². The van der Waals surface area contributed by atoms with E-state index >= 15 is 0 Å². The van der Waals surface area contributed by atoms with Gasteiger partial charge in [0.1, 0.15) is 5.75 Å². The molecule has 0 fully saturated rings. The van der Waals surface area contributed by atoms with E-state index in [2.05, 4.69) is 15.9 Å². The van der Waals surface area contributed by atoms with E-state index in [0.717, 1.165) is 4.47 Å². The fourth-order valence-corrected chi connectivity index (χ4v) is 2.50. The molecular formula is C15H12BrClN2O3. The standard InChI is InChI=1S/C15H12BrClN2O3/c16-10-6-7-12(11(17)8-10)22-13(14(20)19-15(18)21)9-4-2-1-3-5-9/h1-8,13H,(H3,18,19,20,21). The Morgan fingerprint density at radius 1 is 1.18 bits per heavy atom. The monoisotopic (exact) mass is 382 g/mol. The van der Waals surface area contributed by atoms with E-state index in [0.29, 0.717) is 16.3 Å². The maximum atomic E-state index is 12.1. The van der Waals surface area contributed by atoms with Crippen LogP contribution < -0.4 is 15.8 Å². The summed E-state index contributed by atoms with van der Waals surface area (Å²) in [6, 6.07) is 12.8. The van der Waals surface area contributed by atoms with Crippen molar-refractivity contribution < 1.29 is 14.3 Å². The molecule has 0 spiro atoms. The molecule has 0 bridgehead atoms. The highest BCUT2D eigenvalue weighted by atomic mass is 79.9. The van der Waals surface area contributed by atoms with Crippen LogP contribution in [0.4, 0.5) is 4.79 Å². The third kappa shape index (κ3) is 4.22. The zero-order valence-corrected chi connectivity index (χ0v) is 13.6. The molecule has 114 valence electrons. The molecular weight excluding hydrogens is 372 g/mol. The van der Waals surface area contributed by atoms with Crippen molar-refractivity contribution in [2.45, 2.75) is 6.10 Å². The van der Waals surface area contributed by atoms with E-state index < -0.39 is 18.0 Å². The predicted molar refractivity (Wildman–Crippen MR) is 86.7 cm³/mol. The first-order chi connectivity index (χ1) is 10.5. The van der Waals surface area contributed by atoms with Gasteiger partial charge in [0.05, 0.1) is 5.02 Å². The fourth-order valence-electron chi connectivity index (χ4n) is 1.79. The molecule has 0 aromatic heterocycles. The van der Waals surface area contributed by atoms with E-state index in [-0.39, 0.29) is 0 Å². The minimum Gasteiger partial charge on any atom is -0.474 e. The fraction of sp³-hybridized carbons (Fsp3) is 0.0667. The lowest BCUT2D eigenvalue weighted by molar-refractivity contribution is -0.127. The van der Waals surface area contributed by atoms with Crippen LogP contribution in [0, 0.1) is 0 Å². The molecule has 7 heteroatoms. The lowest BCUT2D eigenvalue weighted by Gasteiger charge is -2.19. The van der Waals surface area contributed by atoms with Crippen molar-refractivity contribution in [2.75, 3.05) is 0 Å². The quantitative estimate of drug-likeness (QED) is 0.849. The van der Waals surface area contributed by atoms with Gasteiger partial charge in [0, 0.05) is 10.0 Å². The molecule has 0 radical (unpaired) electrons. The van der Waals surface area contributed by atoms with E-state index in [1.165, 1.54) is 0 Å². The summed E-state index contributed by atoms with van der Waals surface area (Å²) in [5, 5.41) is 2.35. The van der Waals surface area contributed by atoms with Crippen LogP contribution in [-0.2, 0) is 4.79 Å². The van der Waals surface area contributed by atoms with Crippen LogP contribution >= 0.6 is 27.5 Å². The Balaban J connectivity index is 2.32. The third-order valence-electron chi connectivity index (χ3n) is 2.73. The molecule has 3 N–H and O–H groups in total. The Hall–Kier alpha value is -2.05. The molecule has 1 unspecified atom stereocenters. The van der Waals surface area contributed by atoms with Gasteiger partial charge in [-0.05, 0) is 18.2 Å². The molecule has 2 aromatic carbocycles. The second-order valence-corrected chi connectivity index (χ2v) is 5.66. The average molecular weight is 384 g/mol. The van der Waals surface area contributed by atoms with Crippen molar-refractivity contribution in [3.63, 3.8) is 0 Å². The largest absolute Gasteiger partial charge is 0.474 e. The van der Waals surface area contributed by atoms with Gasteiger partial charge in [-0.3, -0.25) is 10.1 Å². The van der Waals surface area contributed by atoms with Gasteiger partial charge in [0.15, 0.2) is 0 Å². The number of nitrogens with one attached hydrogen (secondary N) is 1. The van der Waals surface area contributed by atoms with E-state index in [9.17, 15) is 9.59 Å². The van der Waals surface area contributed by atoms with Crippen LogP contribution in [-0.4, -0.2) is 11.9 Å². The Bertz CT molecular complexity index is 694. The van der Waals surface area contributed by atoms with Crippen molar-refractivity contribution in [1.82, 2.24) is 5.32 Å². The van der Waals surface area contributed by atoms with Gasteiger partial charge in [-0.1, -0.05) is 57.9 Å². The van der Waals surface area contributed by atoms with E-state index in [1.54, 1.807) is 48.5 Å². The number of benzene rings is 2. The molecule has 0 aliphatic carbocycles. The minimum atomic E-state index is -1.05. The maximum Gasteiger partial charge on any atom is 0.318 e. The van der Waals surface area contributed by atoms with Gasteiger partial charge in [-0.25, -0.2) is 4.79 Å². The SMILES string of the molecule is NC(=O)NC(=O)C(Oc1ccc(Br)cc1Cl)c1ccccc1. The molecule has 0 saturated carbocycles. The lowest BCUT2D eigenvalue weighted by atomic mass is 10.1. The highest BCUT2D eigenvalue weighted by Gasteiger charge is 2.24. The summed E-state index contributed by atoms with van der Waals surface area (Å²) < 4.78 is 6.46. The van der Waals surface area contributed by atoms with Crippen LogP contribution in [0.1, 0.15) is 11.7 Å². The number of imide groups is 1. The Morgan fingerprint density at radius 2 is 1.86 bits per heavy atom. The zero-order chi connectivity index (χ0) is 16.1. The number of ether oxygens (including phenoxy) is 1. The first-order valence-electron chi connectivity index (χ1n) is 6.24. The Labute approximate surface area is 140 Å². The van der Waals surface area contributed by atoms with Crippen molar-refractivity contribution in [1.29, 1.82) is 0 Å². The summed E-state index contributed by atoms with van der Waals surface area (Å²) in [7, 11) is 0. The number of carbonyl (C=O) groups is 2. The minimum absolute atomic E-state index is 0.318. The van der Waals surface area contributed by atoms with Gasteiger partial charge < -0.3 is 10.5 Å². The maximum absolute atomic E-state index is 12.1. The molecule has 0 heterocycles. The normalized spacial score (nSPS) is 11.5. The van der Waals surface area contributed by atoms with Crippen molar-refractivity contribution in [3.8, 4) is 5.75 Å². The number of amides is 3. The van der Waals surface area contributed by atoms with Crippen LogP contribution in [0.15, 0.2) is 53.0 Å². The molecule has 0 saturated heterocycles. The first-order valence-corrected chi connectivity index (χ1v) is 7.41. The molecule has 5 nitrogen and oxygen atoms in total. The smallest absolute Gasteiger partial charge is 0.318 e. The number of primary amides is 1. The van der Waals surface area contributed by atoms with Gasteiger partial charge >= 0.3 is 6.03 Å². The number of halogens is 2. The molecule has 1 atom stereocenters. The highest BCUT2D eigenvalue weighted by molar-refractivity contribution is 9.10. The Morgan fingerprint density at radius 3 is 2.45 bits per heavy atom. The van der Waals surface area contributed by atoms with Crippen LogP contribution in [0.3, 0.4) is 0 Å². The van der Waals surface area contributed by atoms with Crippen molar-refractivity contribution in [2.24, 2.45) is 5.73 Å². The average Bonchev–Trinajstić information content (AvgIpc) is 2.46. The topological polar surface area (TPSA) is 81.4 Å². The number of nitrogens with two attached hydrogens (primary N) is 1. The van der Waals surface area contributed by atoms with Gasteiger partial charge in [0.25, 0.3) is 5.91 Å². The number of carbonyl (C=O) groups excluding carboxylic acids is 2. The molecule has 2 aromatic rings. The van der Waals surface area contributed by atoms with Crippen molar-refractivity contribution >= 4 is 39.5 Å². The number of urea groups is 1. The third-order valence-corrected chi connectivity index (χ3v) is 3.51. The van der Waals surface area contributed by atoms with E-state index in [4.69, 9.17) is 22.1 Å². The van der Waals surface area contributed by atoms with Crippen LogP contribution in [0.25, 0.3) is 0 Å². The first kappa shape index (κ1) is 16.3. The van der Waals surface area contributed by atoms with Gasteiger partial charge in [-0.2, -0.15) is 0 Å². The second kappa shape index (κ2) is 7.29. The Kier molecular flexibility index (Phi) is 5.41. The predicted octanol–water partition coefficient (Wildman–Crippen LogP) is 3.42. The highest BCUT2D eigenvalue weighted by Crippen LogP contribution is 2.31. The zero-order valence-electron chi connectivity index (χ0n) is 11.3. The van der Waals surface area contributed by atoms with Crippen LogP contribution in [0.5, 0.6) is 5.75 Å². The summed E-state index contributed by atoms with van der Waals surface area (Å²) in [5.74, 6) is -0.351. The summed E-state index contributed by atoms with van der Waals surface area (Å²) in [6.07, 6.45) is -1.05.